The van der Waals surface area contributed by atoms with Crippen LogP contribution in [0.2, 0.25) is 0 Å². The number of carbonyl (C=O) groups is 1. The lowest BCUT2D eigenvalue weighted by atomic mass is 10.3. The number of hydroxylamine groups is 1. The molecular weight excluding hydrogens is 213 g/mol. The molecule has 13 heavy (non-hydrogen) atoms. The van der Waals surface area contributed by atoms with Crippen LogP contribution in [0.25, 0.3) is 0 Å². The van der Waals surface area contributed by atoms with E-state index in [-0.39, 0.29) is 6.10 Å². The Kier molecular flexibility index (Phi) is 3.83. The Bertz CT molecular complexity index is 185. The third-order valence-corrected chi connectivity index (χ3v) is 2.36. The van der Waals surface area contributed by atoms with Gasteiger partial charge in [0.15, 0.2) is 4.33 Å². The molecular formula is C8H13Cl2NO2. The van der Waals surface area contributed by atoms with Crippen LogP contribution in [0.4, 0.5) is 0 Å². The fraction of sp³-hybridized carbons (Fsp3) is 0.875. The fourth-order valence-electron chi connectivity index (χ4n) is 1.23. The Balaban J connectivity index is 2.22. The molecule has 0 heterocycles. The molecule has 0 atom stereocenters. The molecule has 1 N–H and O–H groups in total. The maximum absolute atomic E-state index is 11.1. The molecule has 1 rings (SSSR count). The second kappa shape index (κ2) is 4.49. The number of hydrogen-bond acceptors (Lipinski definition) is 2. The van der Waals surface area contributed by atoms with E-state index in [2.05, 4.69) is 5.48 Å². The van der Waals surface area contributed by atoms with Gasteiger partial charge in [-0.05, 0) is 19.8 Å². The van der Waals surface area contributed by atoms with E-state index in [1.54, 1.807) is 0 Å². The molecule has 76 valence electrons. The number of halogens is 2. The largest absolute Gasteiger partial charge is 0.279 e. The van der Waals surface area contributed by atoms with Gasteiger partial charge in [0, 0.05) is 0 Å². The first-order valence-electron chi connectivity index (χ1n) is 4.34. The monoisotopic (exact) mass is 225 g/mol. The molecule has 1 amide bonds. The van der Waals surface area contributed by atoms with Crippen LogP contribution in [-0.4, -0.2) is 16.3 Å². The first-order valence-corrected chi connectivity index (χ1v) is 5.09. The van der Waals surface area contributed by atoms with Gasteiger partial charge in [-0.15, -0.1) is 0 Å². The summed E-state index contributed by atoms with van der Waals surface area (Å²) in [5.41, 5.74) is 2.26. The SMILES string of the molecule is CC(Cl)(Cl)C(=O)NOC1CCCC1. The van der Waals surface area contributed by atoms with Gasteiger partial charge in [-0.25, -0.2) is 5.48 Å². The van der Waals surface area contributed by atoms with Gasteiger partial charge in [0.2, 0.25) is 0 Å². The third kappa shape index (κ3) is 3.71. The van der Waals surface area contributed by atoms with Gasteiger partial charge in [0.1, 0.15) is 0 Å². The van der Waals surface area contributed by atoms with Crippen LogP contribution in [0.15, 0.2) is 0 Å². The second-order valence-electron chi connectivity index (χ2n) is 3.34. The minimum atomic E-state index is -1.42. The predicted octanol–water partition coefficient (Wildman–Crippen LogP) is 2.17. The van der Waals surface area contributed by atoms with Crippen LogP contribution in [0.5, 0.6) is 0 Å². The topological polar surface area (TPSA) is 38.3 Å². The number of alkyl halides is 2. The first-order chi connectivity index (χ1) is 6.00. The fourth-order valence-corrected chi connectivity index (χ4v) is 1.31. The van der Waals surface area contributed by atoms with Crippen LogP contribution in [0.3, 0.4) is 0 Å². The van der Waals surface area contributed by atoms with E-state index in [9.17, 15) is 4.79 Å². The lowest BCUT2D eigenvalue weighted by molar-refractivity contribution is -0.138. The molecule has 1 saturated carbocycles. The highest BCUT2D eigenvalue weighted by atomic mass is 35.5. The minimum absolute atomic E-state index is 0.125. The van der Waals surface area contributed by atoms with Crippen molar-refractivity contribution >= 4 is 29.1 Å². The van der Waals surface area contributed by atoms with E-state index >= 15 is 0 Å². The molecule has 5 heteroatoms. The summed E-state index contributed by atoms with van der Waals surface area (Å²) in [5.74, 6) is -0.511. The summed E-state index contributed by atoms with van der Waals surface area (Å²) in [5, 5.41) is 0. The standard InChI is InChI=1S/C8H13Cl2NO2/c1-8(9,10)7(12)11-13-6-4-2-3-5-6/h6H,2-5H2,1H3,(H,11,12). The van der Waals surface area contributed by atoms with Crippen LogP contribution in [0, 0.1) is 0 Å². The number of nitrogens with one attached hydrogen (secondary N) is 1. The quantitative estimate of drug-likeness (QED) is 0.591. The summed E-state index contributed by atoms with van der Waals surface area (Å²) in [4.78, 5) is 16.2. The molecule has 1 aliphatic rings. The summed E-state index contributed by atoms with van der Waals surface area (Å²) in [6, 6.07) is 0. The van der Waals surface area contributed by atoms with Crippen molar-refractivity contribution in [3.05, 3.63) is 0 Å². The zero-order chi connectivity index (χ0) is 9.90. The van der Waals surface area contributed by atoms with Gasteiger partial charge in [0.05, 0.1) is 6.10 Å². The molecule has 0 unspecified atom stereocenters. The average molecular weight is 226 g/mol. The van der Waals surface area contributed by atoms with E-state index in [0.717, 1.165) is 25.7 Å². The summed E-state index contributed by atoms with van der Waals surface area (Å²) in [6.07, 6.45) is 4.40. The third-order valence-electron chi connectivity index (χ3n) is 2.02. The van der Waals surface area contributed by atoms with Gasteiger partial charge in [-0.1, -0.05) is 36.0 Å². The van der Waals surface area contributed by atoms with Crippen molar-refractivity contribution in [2.75, 3.05) is 0 Å². The molecule has 0 radical (unpaired) electrons. The first kappa shape index (κ1) is 11.1. The highest BCUT2D eigenvalue weighted by molar-refractivity contribution is 6.57. The van der Waals surface area contributed by atoms with Gasteiger partial charge in [-0.2, -0.15) is 0 Å². The zero-order valence-electron chi connectivity index (χ0n) is 7.48. The zero-order valence-corrected chi connectivity index (χ0v) is 8.99. The van der Waals surface area contributed by atoms with Crippen molar-refractivity contribution < 1.29 is 9.63 Å². The summed E-state index contributed by atoms with van der Waals surface area (Å²) in [6.45, 7) is 1.41. The van der Waals surface area contributed by atoms with Crippen molar-refractivity contribution in [1.29, 1.82) is 0 Å². The Morgan fingerprint density at radius 3 is 2.46 bits per heavy atom. The Labute approximate surface area is 87.7 Å². The van der Waals surface area contributed by atoms with Crippen molar-refractivity contribution in [3.63, 3.8) is 0 Å². The Hall–Kier alpha value is 0.01000. The molecule has 1 fully saturated rings. The average Bonchev–Trinajstić information content (AvgIpc) is 2.50. The molecule has 0 aromatic rings. The smallest absolute Gasteiger partial charge is 0.270 e. The summed E-state index contributed by atoms with van der Waals surface area (Å²) >= 11 is 11.1. The van der Waals surface area contributed by atoms with Crippen LogP contribution < -0.4 is 5.48 Å². The van der Waals surface area contributed by atoms with Crippen LogP contribution in [-0.2, 0) is 9.63 Å². The Morgan fingerprint density at radius 2 is 2.00 bits per heavy atom. The van der Waals surface area contributed by atoms with E-state index in [1.165, 1.54) is 6.92 Å². The van der Waals surface area contributed by atoms with Gasteiger partial charge in [-0.3, -0.25) is 9.63 Å². The van der Waals surface area contributed by atoms with Crippen molar-refractivity contribution in [2.45, 2.75) is 43.0 Å². The molecule has 0 aromatic carbocycles. The minimum Gasteiger partial charge on any atom is -0.270 e. The Morgan fingerprint density at radius 1 is 1.46 bits per heavy atom. The van der Waals surface area contributed by atoms with E-state index in [1.807, 2.05) is 0 Å². The summed E-state index contributed by atoms with van der Waals surface area (Å²) in [7, 11) is 0. The number of carbonyl (C=O) groups excluding carboxylic acids is 1. The normalized spacial score (nSPS) is 19.0. The molecule has 0 spiro atoms. The molecule has 1 aliphatic carbocycles. The second-order valence-corrected chi connectivity index (χ2v) is 5.05. The number of rotatable bonds is 3. The van der Waals surface area contributed by atoms with E-state index < -0.39 is 10.2 Å². The predicted molar refractivity (Wildman–Crippen MR) is 51.6 cm³/mol. The van der Waals surface area contributed by atoms with Crippen molar-refractivity contribution in [3.8, 4) is 0 Å². The van der Waals surface area contributed by atoms with Gasteiger partial charge < -0.3 is 0 Å². The molecule has 0 bridgehead atoms. The molecule has 3 nitrogen and oxygen atoms in total. The number of hydrogen-bond donors (Lipinski definition) is 1. The highest BCUT2D eigenvalue weighted by Crippen LogP contribution is 2.22. The highest BCUT2D eigenvalue weighted by Gasteiger charge is 2.28. The number of amides is 1. The molecule has 0 saturated heterocycles. The van der Waals surface area contributed by atoms with E-state index in [0.29, 0.717) is 0 Å². The maximum atomic E-state index is 11.1. The van der Waals surface area contributed by atoms with Crippen LogP contribution >= 0.6 is 23.2 Å². The molecule has 0 aromatic heterocycles. The lowest BCUT2D eigenvalue weighted by Crippen LogP contribution is -2.38. The van der Waals surface area contributed by atoms with Crippen LogP contribution in [0.1, 0.15) is 32.6 Å². The van der Waals surface area contributed by atoms with Gasteiger partial charge in [0.25, 0.3) is 5.91 Å². The summed E-state index contributed by atoms with van der Waals surface area (Å²) < 4.78 is -1.42. The maximum Gasteiger partial charge on any atom is 0.279 e. The molecule has 0 aliphatic heterocycles. The van der Waals surface area contributed by atoms with Crippen molar-refractivity contribution in [1.82, 2.24) is 5.48 Å². The lowest BCUT2D eigenvalue weighted by Gasteiger charge is -2.15. The van der Waals surface area contributed by atoms with Crippen molar-refractivity contribution in [2.24, 2.45) is 0 Å². The van der Waals surface area contributed by atoms with Gasteiger partial charge >= 0.3 is 0 Å². The van der Waals surface area contributed by atoms with E-state index in [4.69, 9.17) is 28.0 Å².